The number of hydrogen-bond donors (Lipinski definition) is 0. The van der Waals surface area contributed by atoms with Crippen molar-refractivity contribution < 1.29 is 9.47 Å². The average molecular weight is 371 g/mol. The van der Waals surface area contributed by atoms with Gasteiger partial charge in [0.2, 0.25) is 0 Å². The number of benzene rings is 1. The van der Waals surface area contributed by atoms with Crippen LogP contribution in [0.4, 0.5) is 0 Å². The molecule has 5 rings (SSSR count). The molecule has 4 fully saturated rings. The van der Waals surface area contributed by atoms with E-state index in [0.29, 0.717) is 11.8 Å². The standard InChI is InChI=1S/C25H38O2/c1-5-6-24(17(2)3)22-7-9-23(10-8-22)26-18(4)27-25-14-19-11-20(15-25)13-21(12-19)16-25/h7-10,17-21,24H,5-6,11-16H2,1-4H3. The molecule has 4 saturated carbocycles. The van der Waals surface area contributed by atoms with Crippen molar-refractivity contribution >= 4 is 0 Å². The molecule has 1 aromatic carbocycles. The fraction of sp³-hybridized carbons (Fsp3) is 0.760. The summed E-state index contributed by atoms with van der Waals surface area (Å²) in [6, 6.07) is 8.79. The van der Waals surface area contributed by atoms with Gasteiger partial charge in [0.15, 0.2) is 6.29 Å². The summed E-state index contributed by atoms with van der Waals surface area (Å²) in [6.07, 6.45) is 10.5. The van der Waals surface area contributed by atoms with Crippen molar-refractivity contribution in [1.82, 2.24) is 0 Å². The van der Waals surface area contributed by atoms with Gasteiger partial charge in [-0.25, -0.2) is 0 Å². The van der Waals surface area contributed by atoms with Crippen LogP contribution >= 0.6 is 0 Å². The first-order valence-corrected chi connectivity index (χ1v) is 11.4. The van der Waals surface area contributed by atoms with Crippen molar-refractivity contribution in [2.24, 2.45) is 23.7 Å². The van der Waals surface area contributed by atoms with E-state index in [1.54, 1.807) is 0 Å². The maximum absolute atomic E-state index is 6.59. The summed E-state index contributed by atoms with van der Waals surface area (Å²) in [5, 5.41) is 0. The fourth-order valence-corrected chi connectivity index (χ4v) is 6.73. The van der Waals surface area contributed by atoms with Gasteiger partial charge in [-0.3, -0.25) is 0 Å². The monoisotopic (exact) mass is 370 g/mol. The third kappa shape index (κ3) is 4.21. The van der Waals surface area contributed by atoms with Crippen molar-refractivity contribution in [3.8, 4) is 5.75 Å². The molecule has 27 heavy (non-hydrogen) atoms. The highest BCUT2D eigenvalue weighted by Gasteiger charge is 2.52. The summed E-state index contributed by atoms with van der Waals surface area (Å²) < 4.78 is 12.8. The molecule has 0 aliphatic heterocycles. The van der Waals surface area contributed by atoms with Gasteiger partial charge in [0, 0.05) is 0 Å². The largest absolute Gasteiger partial charge is 0.465 e. The molecule has 0 N–H and O–H groups in total. The van der Waals surface area contributed by atoms with E-state index < -0.39 is 0 Å². The molecular weight excluding hydrogens is 332 g/mol. The van der Waals surface area contributed by atoms with Crippen molar-refractivity contribution in [3.63, 3.8) is 0 Å². The predicted molar refractivity (Wildman–Crippen MR) is 111 cm³/mol. The molecule has 4 aliphatic rings. The van der Waals surface area contributed by atoms with E-state index in [1.165, 1.54) is 56.9 Å². The quantitative estimate of drug-likeness (QED) is 0.462. The number of ether oxygens (including phenoxy) is 2. The van der Waals surface area contributed by atoms with Gasteiger partial charge < -0.3 is 9.47 Å². The first-order chi connectivity index (χ1) is 13.0. The van der Waals surface area contributed by atoms with Crippen molar-refractivity contribution in [1.29, 1.82) is 0 Å². The molecule has 1 aromatic rings. The topological polar surface area (TPSA) is 18.5 Å². The third-order valence-corrected chi connectivity index (χ3v) is 7.41. The Morgan fingerprint density at radius 1 is 0.926 bits per heavy atom. The van der Waals surface area contributed by atoms with Crippen LogP contribution in [0.2, 0.25) is 0 Å². The predicted octanol–water partition coefficient (Wildman–Crippen LogP) is 6.94. The highest BCUT2D eigenvalue weighted by atomic mass is 16.7. The van der Waals surface area contributed by atoms with E-state index in [4.69, 9.17) is 9.47 Å². The van der Waals surface area contributed by atoms with E-state index in [0.717, 1.165) is 23.5 Å². The summed E-state index contributed by atoms with van der Waals surface area (Å²) in [4.78, 5) is 0. The molecule has 0 spiro atoms. The zero-order valence-corrected chi connectivity index (χ0v) is 17.7. The van der Waals surface area contributed by atoms with E-state index >= 15 is 0 Å². The molecular formula is C25H38O2. The molecule has 2 unspecified atom stereocenters. The molecule has 150 valence electrons. The van der Waals surface area contributed by atoms with E-state index in [1.807, 2.05) is 0 Å². The summed E-state index contributed by atoms with van der Waals surface area (Å²) in [6.45, 7) is 9.01. The zero-order valence-electron chi connectivity index (χ0n) is 17.7. The minimum absolute atomic E-state index is 0.109. The second kappa shape index (κ2) is 7.78. The van der Waals surface area contributed by atoms with Crippen molar-refractivity contribution in [2.75, 3.05) is 0 Å². The van der Waals surface area contributed by atoms with Crippen LogP contribution in [0.1, 0.15) is 90.5 Å². The summed E-state index contributed by atoms with van der Waals surface area (Å²) in [5.74, 6) is 4.99. The van der Waals surface area contributed by atoms with Gasteiger partial charge in [-0.1, -0.05) is 39.3 Å². The van der Waals surface area contributed by atoms with Crippen LogP contribution in [-0.2, 0) is 4.74 Å². The normalized spacial score (nSPS) is 34.0. The SMILES string of the molecule is CCCC(c1ccc(OC(C)OC23CC4CC(CC(C4)C2)C3)cc1)C(C)C. The van der Waals surface area contributed by atoms with Gasteiger partial charge in [0.1, 0.15) is 5.75 Å². The van der Waals surface area contributed by atoms with Crippen LogP contribution in [0.25, 0.3) is 0 Å². The first kappa shape index (κ1) is 19.3. The van der Waals surface area contributed by atoms with E-state index in [2.05, 4.69) is 52.0 Å². The Bertz CT molecular complexity index is 582. The Morgan fingerprint density at radius 2 is 1.48 bits per heavy atom. The van der Waals surface area contributed by atoms with Crippen LogP contribution in [0.15, 0.2) is 24.3 Å². The summed E-state index contributed by atoms with van der Waals surface area (Å²) >= 11 is 0. The van der Waals surface area contributed by atoms with Gasteiger partial charge >= 0.3 is 0 Å². The Balaban J connectivity index is 1.36. The molecule has 0 aromatic heterocycles. The highest BCUT2D eigenvalue weighted by molar-refractivity contribution is 5.29. The molecule has 0 amide bonds. The van der Waals surface area contributed by atoms with Crippen molar-refractivity contribution in [3.05, 3.63) is 29.8 Å². The zero-order chi connectivity index (χ0) is 19.0. The second-order valence-corrected chi connectivity index (χ2v) is 10.1. The second-order valence-electron chi connectivity index (χ2n) is 10.1. The number of rotatable bonds is 8. The lowest BCUT2D eigenvalue weighted by atomic mass is 9.54. The maximum atomic E-state index is 6.59. The van der Waals surface area contributed by atoms with E-state index in [-0.39, 0.29) is 11.9 Å². The molecule has 2 nitrogen and oxygen atoms in total. The van der Waals surface area contributed by atoms with Gasteiger partial charge in [-0.15, -0.1) is 0 Å². The Hall–Kier alpha value is -1.02. The van der Waals surface area contributed by atoms with Gasteiger partial charge in [-0.2, -0.15) is 0 Å². The van der Waals surface area contributed by atoms with Crippen LogP contribution in [0.5, 0.6) is 5.75 Å². The minimum atomic E-state index is -0.163. The first-order valence-electron chi connectivity index (χ1n) is 11.4. The van der Waals surface area contributed by atoms with Crippen LogP contribution < -0.4 is 4.74 Å². The molecule has 4 aliphatic carbocycles. The molecule has 2 heteroatoms. The lowest BCUT2D eigenvalue weighted by Crippen LogP contribution is -2.53. The van der Waals surface area contributed by atoms with Crippen LogP contribution in [0, 0.1) is 23.7 Å². The molecule has 4 bridgehead atoms. The lowest BCUT2D eigenvalue weighted by Gasteiger charge is -2.56. The van der Waals surface area contributed by atoms with Gasteiger partial charge in [-0.05, 0) is 99.2 Å². The smallest absolute Gasteiger partial charge is 0.197 e. The third-order valence-electron chi connectivity index (χ3n) is 7.41. The highest BCUT2D eigenvalue weighted by Crippen LogP contribution is 2.57. The molecule has 0 saturated heterocycles. The maximum Gasteiger partial charge on any atom is 0.197 e. The summed E-state index contributed by atoms with van der Waals surface area (Å²) in [7, 11) is 0. The fourth-order valence-electron chi connectivity index (χ4n) is 6.73. The number of hydrogen-bond acceptors (Lipinski definition) is 2. The summed E-state index contributed by atoms with van der Waals surface area (Å²) in [5.41, 5.74) is 1.55. The molecule has 0 heterocycles. The van der Waals surface area contributed by atoms with Crippen LogP contribution in [-0.4, -0.2) is 11.9 Å². The molecule has 0 radical (unpaired) electrons. The Kier molecular flexibility index (Phi) is 5.56. The minimum Gasteiger partial charge on any atom is -0.465 e. The lowest BCUT2D eigenvalue weighted by molar-refractivity contribution is -0.225. The Morgan fingerprint density at radius 3 is 1.96 bits per heavy atom. The van der Waals surface area contributed by atoms with E-state index in [9.17, 15) is 0 Å². The van der Waals surface area contributed by atoms with Crippen LogP contribution in [0.3, 0.4) is 0 Å². The van der Waals surface area contributed by atoms with Crippen molar-refractivity contribution in [2.45, 2.75) is 96.9 Å². The molecule has 2 atom stereocenters. The van der Waals surface area contributed by atoms with Gasteiger partial charge in [0.05, 0.1) is 5.60 Å². The Labute approximate surface area is 166 Å². The average Bonchev–Trinajstić information content (AvgIpc) is 2.58. The van der Waals surface area contributed by atoms with Gasteiger partial charge in [0.25, 0.3) is 0 Å².